The highest BCUT2D eigenvalue weighted by molar-refractivity contribution is 9.10. The predicted molar refractivity (Wildman–Crippen MR) is 118 cm³/mol. The highest BCUT2D eigenvalue weighted by atomic mass is 79.9. The van der Waals surface area contributed by atoms with Gasteiger partial charge >= 0.3 is 7.60 Å². The second-order valence-corrected chi connectivity index (χ2v) is 10.4. The van der Waals surface area contributed by atoms with Crippen LogP contribution in [0.4, 0.5) is 0 Å². The van der Waals surface area contributed by atoms with E-state index in [2.05, 4.69) is 41.1 Å². The number of aryl methyl sites for hydroxylation is 1. The fraction of sp³-hybridized carbons (Fsp3) is 0.333. The molecule has 2 aromatic carbocycles. The highest BCUT2D eigenvalue weighted by Crippen LogP contribution is 2.64. The van der Waals surface area contributed by atoms with Gasteiger partial charge in [-0.05, 0) is 55.8 Å². The van der Waals surface area contributed by atoms with Crippen LogP contribution in [-0.2, 0) is 20.0 Å². The lowest BCUT2D eigenvalue weighted by Gasteiger charge is -2.26. The van der Waals surface area contributed by atoms with Crippen molar-refractivity contribution in [1.29, 1.82) is 0 Å². The Bertz CT molecular complexity index is 959. The van der Waals surface area contributed by atoms with Gasteiger partial charge < -0.3 is 9.05 Å². The average Bonchev–Trinajstić information content (AvgIpc) is 2.98. The second kappa shape index (κ2) is 9.02. The van der Waals surface area contributed by atoms with Crippen LogP contribution in [0.5, 0.6) is 0 Å². The Morgan fingerprint density at radius 1 is 1.04 bits per heavy atom. The summed E-state index contributed by atoms with van der Waals surface area (Å²) >= 11 is 5.32. The third-order valence-electron chi connectivity index (χ3n) is 4.55. The molecule has 1 atom stereocenters. The van der Waals surface area contributed by atoms with Crippen LogP contribution in [0.2, 0.25) is 0 Å². The minimum Gasteiger partial charge on any atom is -0.308 e. The summed E-state index contributed by atoms with van der Waals surface area (Å²) < 4.78 is 27.6. The number of hydrogen-bond donors (Lipinski definition) is 0. The summed E-state index contributed by atoms with van der Waals surface area (Å²) in [6, 6.07) is 16.4. The largest absolute Gasteiger partial charge is 0.339 e. The SMILES string of the molecule is CCOP(=O)(OCC)C(Cc1ccccc1Br)c1sc2ccccc2c1C. The van der Waals surface area contributed by atoms with E-state index in [1.54, 1.807) is 11.3 Å². The first-order valence-corrected chi connectivity index (χ1v) is 12.3. The number of thiophene rings is 1. The lowest BCUT2D eigenvalue weighted by Crippen LogP contribution is -2.10. The van der Waals surface area contributed by atoms with Crippen molar-refractivity contribution in [2.45, 2.75) is 32.9 Å². The van der Waals surface area contributed by atoms with Gasteiger partial charge in [-0.3, -0.25) is 4.57 Å². The van der Waals surface area contributed by atoms with Crippen LogP contribution >= 0.6 is 34.9 Å². The minimum atomic E-state index is -3.33. The third kappa shape index (κ3) is 4.38. The summed E-state index contributed by atoms with van der Waals surface area (Å²) in [5.74, 6) is 0. The van der Waals surface area contributed by atoms with Crippen LogP contribution in [0.3, 0.4) is 0 Å². The van der Waals surface area contributed by atoms with Gasteiger partial charge in [-0.2, -0.15) is 0 Å². The van der Waals surface area contributed by atoms with Crippen molar-refractivity contribution in [3.8, 4) is 0 Å². The second-order valence-electron chi connectivity index (χ2n) is 6.27. The predicted octanol–water partition coefficient (Wildman–Crippen LogP) is 7.52. The van der Waals surface area contributed by atoms with Gasteiger partial charge in [-0.15, -0.1) is 11.3 Å². The number of rotatable bonds is 8. The number of halogens is 1. The van der Waals surface area contributed by atoms with Crippen molar-refractivity contribution in [2.75, 3.05) is 13.2 Å². The van der Waals surface area contributed by atoms with E-state index in [0.717, 1.165) is 20.5 Å². The van der Waals surface area contributed by atoms with Crippen molar-refractivity contribution >= 4 is 44.9 Å². The van der Waals surface area contributed by atoms with Crippen LogP contribution in [0.1, 0.15) is 35.5 Å². The zero-order chi connectivity index (χ0) is 19.4. The standard InChI is InChI=1S/C21H24BrO3PS/c1-4-24-26(23,25-5-2)19(14-16-10-6-8-12-18(16)22)21-15(3)17-11-7-9-13-20(17)27-21/h6-13,19H,4-5,14H2,1-3H3. The maximum absolute atomic E-state index is 13.8. The Morgan fingerprint density at radius 2 is 1.67 bits per heavy atom. The molecule has 0 amide bonds. The van der Waals surface area contributed by atoms with E-state index >= 15 is 0 Å². The molecule has 1 unspecified atom stereocenters. The molecule has 0 N–H and O–H groups in total. The fourth-order valence-corrected chi connectivity index (χ4v) is 7.55. The molecule has 27 heavy (non-hydrogen) atoms. The first-order chi connectivity index (χ1) is 13.0. The Kier molecular flexibility index (Phi) is 6.93. The summed E-state index contributed by atoms with van der Waals surface area (Å²) in [5, 5.41) is 1.20. The third-order valence-corrected chi connectivity index (χ3v) is 9.33. The quantitative estimate of drug-likeness (QED) is 0.322. The van der Waals surface area contributed by atoms with Crippen LogP contribution in [0.25, 0.3) is 10.1 Å². The summed E-state index contributed by atoms with van der Waals surface area (Å²) in [7, 11) is -3.33. The van der Waals surface area contributed by atoms with E-state index in [1.807, 2.05) is 44.2 Å². The minimum absolute atomic E-state index is 0.339. The first-order valence-electron chi connectivity index (χ1n) is 9.10. The Hall–Kier alpha value is -0.970. The van der Waals surface area contributed by atoms with E-state index < -0.39 is 7.60 Å². The first kappa shape index (κ1) is 20.8. The molecule has 1 aromatic heterocycles. The van der Waals surface area contributed by atoms with Crippen molar-refractivity contribution < 1.29 is 13.6 Å². The molecular weight excluding hydrogens is 443 g/mol. The summed E-state index contributed by atoms with van der Waals surface area (Å²) in [4.78, 5) is 1.08. The van der Waals surface area contributed by atoms with Gasteiger partial charge in [0.2, 0.25) is 0 Å². The Labute approximate surface area is 173 Å². The van der Waals surface area contributed by atoms with Crippen LogP contribution < -0.4 is 0 Å². The maximum atomic E-state index is 13.8. The zero-order valence-corrected chi connectivity index (χ0v) is 19.1. The van der Waals surface area contributed by atoms with Crippen LogP contribution in [0.15, 0.2) is 53.0 Å². The van der Waals surface area contributed by atoms with Crippen molar-refractivity contribution in [1.82, 2.24) is 0 Å². The number of fused-ring (bicyclic) bond motifs is 1. The van der Waals surface area contributed by atoms with Gasteiger partial charge in [0.1, 0.15) is 0 Å². The molecule has 3 rings (SSSR count). The topological polar surface area (TPSA) is 35.5 Å². The molecule has 0 fully saturated rings. The molecule has 0 spiro atoms. The van der Waals surface area contributed by atoms with Gasteiger partial charge in [0.25, 0.3) is 0 Å². The summed E-state index contributed by atoms with van der Waals surface area (Å²) in [6.07, 6.45) is 0.590. The number of hydrogen-bond acceptors (Lipinski definition) is 4. The molecule has 0 bridgehead atoms. The Morgan fingerprint density at radius 3 is 2.30 bits per heavy atom. The van der Waals surface area contributed by atoms with E-state index in [-0.39, 0.29) is 5.66 Å². The van der Waals surface area contributed by atoms with Crippen molar-refractivity contribution in [3.05, 3.63) is 69.0 Å². The van der Waals surface area contributed by atoms with Crippen LogP contribution in [-0.4, -0.2) is 13.2 Å². The molecular formula is C21H24BrO3PS. The molecule has 144 valence electrons. The van der Waals surface area contributed by atoms with E-state index in [9.17, 15) is 4.57 Å². The molecule has 0 aliphatic carbocycles. The molecule has 0 saturated carbocycles. The highest BCUT2D eigenvalue weighted by Gasteiger charge is 2.39. The van der Waals surface area contributed by atoms with E-state index in [1.165, 1.54) is 10.1 Å². The molecule has 3 nitrogen and oxygen atoms in total. The van der Waals surface area contributed by atoms with Gasteiger partial charge in [-0.25, -0.2) is 0 Å². The lowest BCUT2D eigenvalue weighted by atomic mass is 10.1. The maximum Gasteiger partial charge on any atom is 0.339 e. The van der Waals surface area contributed by atoms with Gasteiger partial charge in [0.15, 0.2) is 0 Å². The van der Waals surface area contributed by atoms with Crippen molar-refractivity contribution in [3.63, 3.8) is 0 Å². The molecule has 3 aromatic rings. The molecule has 1 heterocycles. The summed E-state index contributed by atoms with van der Waals surface area (Å²) in [6.45, 7) is 6.53. The van der Waals surface area contributed by atoms with Gasteiger partial charge in [0.05, 0.1) is 18.9 Å². The van der Waals surface area contributed by atoms with Crippen LogP contribution in [0, 0.1) is 6.92 Å². The molecule has 0 radical (unpaired) electrons. The monoisotopic (exact) mass is 466 g/mol. The lowest BCUT2D eigenvalue weighted by molar-refractivity contribution is 0.212. The zero-order valence-electron chi connectivity index (χ0n) is 15.8. The van der Waals surface area contributed by atoms with Gasteiger partial charge in [-0.1, -0.05) is 52.3 Å². The smallest absolute Gasteiger partial charge is 0.308 e. The average molecular weight is 467 g/mol. The molecule has 0 saturated heterocycles. The van der Waals surface area contributed by atoms with E-state index in [0.29, 0.717) is 19.6 Å². The number of benzene rings is 2. The fourth-order valence-electron chi connectivity index (χ4n) is 3.31. The molecule has 0 aliphatic heterocycles. The molecule has 6 heteroatoms. The Balaban J connectivity index is 2.15. The van der Waals surface area contributed by atoms with Gasteiger partial charge in [0, 0.05) is 14.0 Å². The summed E-state index contributed by atoms with van der Waals surface area (Å²) in [5.41, 5.74) is 1.92. The normalized spacial score (nSPS) is 13.2. The van der Waals surface area contributed by atoms with Crippen molar-refractivity contribution in [2.24, 2.45) is 0 Å². The van der Waals surface area contributed by atoms with E-state index in [4.69, 9.17) is 9.05 Å². The molecule has 0 aliphatic rings.